The SMILES string of the molecule is CCCCCCCCC(CCC1CO1)C(OC)(OC)OC. The fourth-order valence-electron chi connectivity index (χ4n) is 3.04. The molecule has 1 rings (SSSR count). The van der Waals surface area contributed by atoms with Crippen LogP contribution < -0.4 is 0 Å². The van der Waals surface area contributed by atoms with E-state index in [9.17, 15) is 0 Å². The molecule has 0 radical (unpaired) electrons. The van der Waals surface area contributed by atoms with E-state index in [-0.39, 0.29) is 5.92 Å². The van der Waals surface area contributed by atoms with Crippen LogP contribution in [-0.2, 0) is 18.9 Å². The van der Waals surface area contributed by atoms with Gasteiger partial charge in [-0.1, -0.05) is 45.4 Å². The molecule has 0 aromatic rings. The van der Waals surface area contributed by atoms with Gasteiger partial charge >= 0.3 is 0 Å². The van der Waals surface area contributed by atoms with E-state index in [1.54, 1.807) is 21.3 Å². The molecule has 0 spiro atoms. The van der Waals surface area contributed by atoms with Gasteiger partial charge in [-0.3, -0.25) is 0 Å². The number of hydrogen-bond acceptors (Lipinski definition) is 4. The van der Waals surface area contributed by atoms with E-state index < -0.39 is 5.97 Å². The summed E-state index contributed by atoms with van der Waals surface area (Å²) in [7, 11) is 4.98. The molecule has 0 aliphatic carbocycles. The van der Waals surface area contributed by atoms with Crippen molar-refractivity contribution in [2.75, 3.05) is 27.9 Å². The number of hydrogen-bond donors (Lipinski definition) is 0. The van der Waals surface area contributed by atoms with Crippen LogP contribution in [0.15, 0.2) is 0 Å². The zero-order valence-corrected chi connectivity index (χ0v) is 14.4. The van der Waals surface area contributed by atoms with Gasteiger partial charge in [0.1, 0.15) is 0 Å². The maximum Gasteiger partial charge on any atom is 0.285 e. The summed E-state index contributed by atoms with van der Waals surface area (Å²) in [5, 5.41) is 0. The number of ether oxygens (including phenoxy) is 4. The molecule has 0 bridgehead atoms. The summed E-state index contributed by atoms with van der Waals surface area (Å²) >= 11 is 0. The van der Waals surface area contributed by atoms with Gasteiger partial charge < -0.3 is 18.9 Å². The minimum absolute atomic E-state index is 0.257. The quantitative estimate of drug-likeness (QED) is 0.275. The van der Waals surface area contributed by atoms with Gasteiger partial charge in [0.05, 0.1) is 12.7 Å². The molecule has 1 aliphatic rings. The monoisotopic (exact) mass is 302 g/mol. The summed E-state index contributed by atoms with van der Waals surface area (Å²) in [5.74, 6) is -0.647. The molecule has 1 saturated heterocycles. The molecule has 0 saturated carbocycles. The maximum atomic E-state index is 5.56. The molecule has 0 aromatic carbocycles. The minimum atomic E-state index is -0.904. The van der Waals surface area contributed by atoms with Gasteiger partial charge in [-0.2, -0.15) is 0 Å². The lowest BCUT2D eigenvalue weighted by molar-refractivity contribution is -0.380. The highest BCUT2D eigenvalue weighted by molar-refractivity contribution is 4.76. The van der Waals surface area contributed by atoms with Crippen LogP contribution in [0.2, 0.25) is 0 Å². The van der Waals surface area contributed by atoms with Crippen LogP contribution in [0.1, 0.15) is 64.7 Å². The number of epoxide rings is 1. The van der Waals surface area contributed by atoms with E-state index in [0.717, 1.165) is 25.9 Å². The Kier molecular flexibility index (Phi) is 9.49. The smallest absolute Gasteiger partial charge is 0.285 e. The molecule has 1 aliphatic heterocycles. The molecule has 21 heavy (non-hydrogen) atoms. The Bertz CT molecular complexity index is 241. The Hall–Kier alpha value is -0.160. The third-order valence-electron chi connectivity index (χ3n) is 4.50. The highest BCUT2D eigenvalue weighted by atomic mass is 16.9. The van der Waals surface area contributed by atoms with Gasteiger partial charge in [0.25, 0.3) is 5.97 Å². The Balaban J connectivity index is 2.38. The van der Waals surface area contributed by atoms with Crippen molar-refractivity contribution in [1.29, 1.82) is 0 Å². The summed E-state index contributed by atoms with van der Waals surface area (Å²) in [6.07, 6.45) is 11.4. The first kappa shape index (κ1) is 18.9. The van der Waals surface area contributed by atoms with E-state index in [4.69, 9.17) is 18.9 Å². The molecule has 0 N–H and O–H groups in total. The molecule has 4 heteroatoms. The molecule has 1 fully saturated rings. The van der Waals surface area contributed by atoms with Gasteiger partial charge in [0.2, 0.25) is 0 Å². The van der Waals surface area contributed by atoms with Crippen LogP contribution in [-0.4, -0.2) is 40.0 Å². The molecule has 1 heterocycles. The topological polar surface area (TPSA) is 40.2 Å². The van der Waals surface area contributed by atoms with Crippen molar-refractivity contribution in [2.24, 2.45) is 5.92 Å². The molecule has 0 amide bonds. The Labute approximate surface area is 130 Å². The van der Waals surface area contributed by atoms with Crippen molar-refractivity contribution in [3.8, 4) is 0 Å². The van der Waals surface area contributed by atoms with Crippen molar-refractivity contribution >= 4 is 0 Å². The van der Waals surface area contributed by atoms with Crippen LogP contribution in [0.4, 0.5) is 0 Å². The summed E-state index contributed by atoms with van der Waals surface area (Å²) in [6.45, 7) is 3.16. The van der Waals surface area contributed by atoms with E-state index >= 15 is 0 Å². The number of methoxy groups -OCH3 is 3. The first-order chi connectivity index (χ1) is 10.2. The van der Waals surface area contributed by atoms with Crippen LogP contribution in [0.5, 0.6) is 0 Å². The lowest BCUT2D eigenvalue weighted by Gasteiger charge is -2.36. The van der Waals surface area contributed by atoms with Crippen molar-refractivity contribution in [2.45, 2.75) is 76.8 Å². The lowest BCUT2D eigenvalue weighted by atomic mass is 9.92. The zero-order chi connectivity index (χ0) is 15.6. The standard InChI is InChI=1S/C17H34O4/c1-5-6-7-8-9-10-11-15(12-13-16-14-21-16)17(18-2,19-3)20-4/h15-16H,5-14H2,1-4H3. The predicted octanol–water partition coefficient (Wildman–Crippen LogP) is 4.13. The van der Waals surface area contributed by atoms with Gasteiger partial charge in [0.15, 0.2) is 0 Å². The third kappa shape index (κ3) is 6.64. The second kappa shape index (κ2) is 10.5. The summed E-state index contributed by atoms with van der Waals surface area (Å²) in [6, 6.07) is 0. The lowest BCUT2D eigenvalue weighted by Crippen LogP contribution is -2.44. The van der Waals surface area contributed by atoms with Crippen LogP contribution >= 0.6 is 0 Å². The van der Waals surface area contributed by atoms with E-state index in [2.05, 4.69) is 6.92 Å². The van der Waals surface area contributed by atoms with Crippen LogP contribution in [0.25, 0.3) is 0 Å². The van der Waals surface area contributed by atoms with Crippen LogP contribution in [0.3, 0.4) is 0 Å². The number of rotatable bonds is 14. The summed E-state index contributed by atoms with van der Waals surface area (Å²) in [5.41, 5.74) is 0. The van der Waals surface area contributed by atoms with Crippen molar-refractivity contribution in [3.63, 3.8) is 0 Å². The first-order valence-corrected chi connectivity index (χ1v) is 8.49. The van der Waals surface area contributed by atoms with Crippen molar-refractivity contribution in [1.82, 2.24) is 0 Å². The minimum Gasteiger partial charge on any atom is -0.373 e. The van der Waals surface area contributed by atoms with Crippen molar-refractivity contribution in [3.05, 3.63) is 0 Å². The second-order valence-corrected chi connectivity index (χ2v) is 6.00. The Morgan fingerprint density at radius 1 is 0.952 bits per heavy atom. The molecule has 126 valence electrons. The largest absolute Gasteiger partial charge is 0.373 e. The molecular weight excluding hydrogens is 268 g/mol. The fraction of sp³-hybridized carbons (Fsp3) is 1.00. The van der Waals surface area contributed by atoms with Gasteiger partial charge in [0, 0.05) is 27.2 Å². The van der Waals surface area contributed by atoms with E-state index in [1.807, 2.05) is 0 Å². The first-order valence-electron chi connectivity index (χ1n) is 8.49. The average Bonchev–Trinajstić information content (AvgIpc) is 3.33. The van der Waals surface area contributed by atoms with E-state index in [0.29, 0.717) is 6.10 Å². The molecule has 2 unspecified atom stereocenters. The maximum absolute atomic E-state index is 5.56. The highest BCUT2D eigenvalue weighted by Gasteiger charge is 2.40. The normalized spacial score (nSPS) is 19.7. The summed E-state index contributed by atoms with van der Waals surface area (Å²) < 4.78 is 22.0. The average molecular weight is 302 g/mol. The highest BCUT2D eigenvalue weighted by Crippen LogP contribution is 2.34. The number of unbranched alkanes of at least 4 members (excludes halogenated alkanes) is 5. The van der Waals surface area contributed by atoms with Gasteiger partial charge in [-0.05, 0) is 19.3 Å². The molecule has 4 nitrogen and oxygen atoms in total. The van der Waals surface area contributed by atoms with Crippen LogP contribution in [0, 0.1) is 5.92 Å². The van der Waals surface area contributed by atoms with Crippen molar-refractivity contribution < 1.29 is 18.9 Å². The molecule has 0 aromatic heterocycles. The Morgan fingerprint density at radius 2 is 1.52 bits per heavy atom. The third-order valence-corrected chi connectivity index (χ3v) is 4.50. The fourth-order valence-corrected chi connectivity index (χ4v) is 3.04. The predicted molar refractivity (Wildman–Crippen MR) is 84.2 cm³/mol. The molecular formula is C17H34O4. The van der Waals surface area contributed by atoms with E-state index in [1.165, 1.54) is 38.5 Å². The Morgan fingerprint density at radius 3 is 2.05 bits per heavy atom. The molecule has 2 atom stereocenters. The zero-order valence-electron chi connectivity index (χ0n) is 14.4. The van der Waals surface area contributed by atoms with Gasteiger partial charge in [-0.15, -0.1) is 0 Å². The van der Waals surface area contributed by atoms with Gasteiger partial charge in [-0.25, -0.2) is 0 Å². The summed E-state index contributed by atoms with van der Waals surface area (Å²) in [4.78, 5) is 0. The second-order valence-electron chi connectivity index (χ2n) is 6.00.